The first-order valence-corrected chi connectivity index (χ1v) is 5.65. The van der Waals surface area contributed by atoms with E-state index in [4.69, 9.17) is 9.47 Å². The van der Waals surface area contributed by atoms with E-state index < -0.39 is 0 Å². The van der Waals surface area contributed by atoms with Crippen molar-refractivity contribution < 1.29 is 9.47 Å². The number of hydrogen-bond donors (Lipinski definition) is 0. The summed E-state index contributed by atoms with van der Waals surface area (Å²) in [6.45, 7) is 10.3. The highest BCUT2D eigenvalue weighted by molar-refractivity contribution is 4.95. The van der Waals surface area contributed by atoms with E-state index in [2.05, 4.69) is 39.6 Å². The third kappa shape index (κ3) is 3.44. The van der Waals surface area contributed by atoms with Crippen molar-refractivity contribution in [2.45, 2.75) is 51.4 Å². The van der Waals surface area contributed by atoms with Gasteiger partial charge in [0.1, 0.15) is 0 Å². The van der Waals surface area contributed by atoms with Crippen LogP contribution in [0, 0.1) is 0 Å². The molecule has 1 aliphatic rings. The Labute approximate surface area is 93.7 Å². The molecule has 0 amide bonds. The maximum atomic E-state index is 5.88. The molecular weight excluding hydrogens is 190 g/mol. The lowest BCUT2D eigenvalue weighted by Gasteiger charge is -2.34. The van der Waals surface area contributed by atoms with Crippen molar-refractivity contribution in [3.05, 3.63) is 0 Å². The molecule has 0 spiro atoms. The Kier molecular flexibility index (Phi) is 3.80. The van der Waals surface area contributed by atoms with Gasteiger partial charge in [0.2, 0.25) is 0 Å². The van der Waals surface area contributed by atoms with E-state index >= 15 is 0 Å². The molecular formula is C12H25NO2. The fraction of sp³-hybridized carbons (Fsp3) is 1.00. The first-order chi connectivity index (χ1) is 6.77. The van der Waals surface area contributed by atoms with Crippen LogP contribution in [0.1, 0.15) is 34.1 Å². The Balaban J connectivity index is 2.52. The minimum Gasteiger partial charge on any atom is -0.380 e. The molecule has 1 aliphatic heterocycles. The molecule has 0 bridgehead atoms. The molecule has 0 saturated carbocycles. The lowest BCUT2D eigenvalue weighted by Crippen LogP contribution is -2.44. The summed E-state index contributed by atoms with van der Waals surface area (Å²) >= 11 is 0. The van der Waals surface area contributed by atoms with Gasteiger partial charge < -0.3 is 9.47 Å². The molecule has 1 saturated heterocycles. The van der Waals surface area contributed by atoms with Crippen LogP contribution in [0.15, 0.2) is 0 Å². The van der Waals surface area contributed by atoms with Gasteiger partial charge >= 0.3 is 0 Å². The third-order valence-electron chi connectivity index (χ3n) is 3.22. The number of rotatable bonds is 3. The van der Waals surface area contributed by atoms with Gasteiger partial charge in [0.25, 0.3) is 0 Å². The van der Waals surface area contributed by atoms with Crippen LogP contribution in [0.4, 0.5) is 0 Å². The highest BCUT2D eigenvalue weighted by Crippen LogP contribution is 2.30. The largest absolute Gasteiger partial charge is 0.380 e. The Bertz CT molecular complexity index is 212. The summed E-state index contributed by atoms with van der Waals surface area (Å²) in [7, 11) is 3.93. The Morgan fingerprint density at radius 3 is 2.40 bits per heavy atom. The quantitative estimate of drug-likeness (QED) is 0.718. The molecule has 0 aromatic heterocycles. The van der Waals surface area contributed by atoms with Crippen LogP contribution in [0.2, 0.25) is 0 Å². The predicted molar refractivity (Wildman–Crippen MR) is 62.2 cm³/mol. The Hall–Kier alpha value is -0.120. The summed E-state index contributed by atoms with van der Waals surface area (Å²) < 4.78 is 11.3. The molecule has 15 heavy (non-hydrogen) atoms. The molecule has 2 atom stereocenters. The maximum absolute atomic E-state index is 5.88. The van der Waals surface area contributed by atoms with E-state index in [9.17, 15) is 0 Å². The van der Waals surface area contributed by atoms with E-state index in [0.29, 0.717) is 6.10 Å². The second kappa shape index (κ2) is 4.40. The van der Waals surface area contributed by atoms with Crippen LogP contribution in [0.5, 0.6) is 0 Å². The molecule has 3 heteroatoms. The van der Waals surface area contributed by atoms with Crippen molar-refractivity contribution in [1.82, 2.24) is 4.90 Å². The number of nitrogens with zero attached hydrogens (tertiary/aromatic N) is 1. The first-order valence-electron chi connectivity index (χ1n) is 5.65. The van der Waals surface area contributed by atoms with Crippen molar-refractivity contribution in [3.8, 4) is 0 Å². The van der Waals surface area contributed by atoms with Crippen LogP contribution >= 0.6 is 0 Å². The van der Waals surface area contributed by atoms with Gasteiger partial charge in [-0.2, -0.15) is 0 Å². The fourth-order valence-corrected chi connectivity index (χ4v) is 1.94. The number of likely N-dealkylation sites (tertiary alicyclic amines) is 1. The second-order valence-electron chi connectivity index (χ2n) is 5.84. The summed E-state index contributed by atoms with van der Waals surface area (Å²) in [5.74, 6) is 0. The zero-order valence-corrected chi connectivity index (χ0v) is 11.0. The lowest BCUT2D eigenvalue weighted by atomic mass is 9.99. The zero-order valence-electron chi connectivity index (χ0n) is 11.0. The smallest absolute Gasteiger partial charge is 0.0716 e. The van der Waals surface area contributed by atoms with E-state index in [0.717, 1.165) is 19.6 Å². The van der Waals surface area contributed by atoms with Gasteiger partial charge in [0.15, 0.2) is 0 Å². The van der Waals surface area contributed by atoms with Crippen molar-refractivity contribution in [2.24, 2.45) is 0 Å². The number of likely N-dealkylation sites (N-methyl/N-ethyl adjacent to an activating group) is 1. The van der Waals surface area contributed by atoms with E-state index in [-0.39, 0.29) is 11.1 Å². The molecule has 1 heterocycles. The van der Waals surface area contributed by atoms with Crippen LogP contribution in [-0.4, -0.2) is 49.5 Å². The normalized spacial score (nSPS) is 33.6. The summed E-state index contributed by atoms with van der Waals surface area (Å²) in [6, 6.07) is 0. The molecule has 0 aromatic carbocycles. The van der Waals surface area contributed by atoms with Gasteiger partial charge in [-0.15, -0.1) is 0 Å². The molecule has 0 N–H and O–H groups in total. The third-order valence-corrected chi connectivity index (χ3v) is 3.22. The van der Waals surface area contributed by atoms with Crippen LogP contribution in [0.25, 0.3) is 0 Å². The topological polar surface area (TPSA) is 21.7 Å². The molecule has 1 rings (SSSR count). The summed E-state index contributed by atoms with van der Waals surface area (Å²) in [6.07, 6.45) is 1.40. The molecule has 90 valence electrons. The monoisotopic (exact) mass is 215 g/mol. The van der Waals surface area contributed by atoms with Gasteiger partial charge in [-0.05, 0) is 41.2 Å². The minimum absolute atomic E-state index is 0.0605. The van der Waals surface area contributed by atoms with Gasteiger partial charge in [-0.3, -0.25) is 4.90 Å². The fourth-order valence-electron chi connectivity index (χ4n) is 1.94. The molecule has 0 radical (unpaired) electrons. The van der Waals surface area contributed by atoms with Crippen LogP contribution in [0.3, 0.4) is 0 Å². The summed E-state index contributed by atoms with van der Waals surface area (Å²) in [4.78, 5) is 2.34. The molecule has 0 aromatic rings. The molecule has 2 unspecified atom stereocenters. The van der Waals surface area contributed by atoms with Crippen LogP contribution in [-0.2, 0) is 9.47 Å². The van der Waals surface area contributed by atoms with Gasteiger partial charge in [-0.25, -0.2) is 0 Å². The predicted octanol–water partition coefficient (Wildman–Crippen LogP) is 1.91. The summed E-state index contributed by atoms with van der Waals surface area (Å²) in [5.41, 5.74) is 0.0585. The average molecular weight is 215 g/mol. The Morgan fingerprint density at radius 1 is 1.40 bits per heavy atom. The van der Waals surface area contributed by atoms with Gasteiger partial charge in [-0.1, -0.05) is 0 Å². The van der Waals surface area contributed by atoms with E-state index in [1.165, 1.54) is 0 Å². The second-order valence-corrected chi connectivity index (χ2v) is 5.84. The molecule has 3 nitrogen and oxygen atoms in total. The first kappa shape index (κ1) is 12.9. The van der Waals surface area contributed by atoms with Crippen molar-refractivity contribution in [1.29, 1.82) is 0 Å². The van der Waals surface area contributed by atoms with E-state index in [1.807, 2.05) is 0 Å². The lowest BCUT2D eigenvalue weighted by molar-refractivity contribution is -0.0524. The van der Waals surface area contributed by atoms with Crippen molar-refractivity contribution in [3.63, 3.8) is 0 Å². The van der Waals surface area contributed by atoms with Crippen molar-refractivity contribution >= 4 is 0 Å². The number of hydrogen-bond acceptors (Lipinski definition) is 3. The molecule has 0 aliphatic carbocycles. The van der Waals surface area contributed by atoms with E-state index in [1.54, 1.807) is 7.11 Å². The summed E-state index contributed by atoms with van der Waals surface area (Å²) in [5, 5.41) is 0. The number of ether oxygens (including phenoxy) is 2. The van der Waals surface area contributed by atoms with Crippen LogP contribution < -0.4 is 0 Å². The average Bonchev–Trinajstić information content (AvgIpc) is 2.39. The highest BCUT2D eigenvalue weighted by atomic mass is 16.5. The minimum atomic E-state index is -0.0605. The maximum Gasteiger partial charge on any atom is 0.0716 e. The SMILES string of the molecule is COC1CN(C)C(C)(COC(C)(C)C)C1. The van der Waals surface area contributed by atoms with Gasteiger partial charge in [0, 0.05) is 19.2 Å². The molecule has 1 fully saturated rings. The van der Waals surface area contributed by atoms with Crippen molar-refractivity contribution in [2.75, 3.05) is 27.3 Å². The Morgan fingerprint density at radius 2 is 2.00 bits per heavy atom. The number of methoxy groups -OCH3 is 1. The highest BCUT2D eigenvalue weighted by Gasteiger charge is 2.40. The standard InChI is InChI=1S/C12H25NO2/c1-11(2,3)15-9-12(4)7-10(14-6)8-13(12)5/h10H,7-9H2,1-6H3. The zero-order chi connectivity index (χ0) is 11.7. The van der Waals surface area contributed by atoms with Gasteiger partial charge in [0.05, 0.1) is 18.3 Å².